The molecule has 5 heteroatoms. The number of aryl methyl sites for hydroxylation is 2. The molecule has 1 aromatic heterocycles. The van der Waals surface area contributed by atoms with Crippen LogP contribution < -0.4 is 0 Å². The largest absolute Gasteiger partial charge is 0.388 e. The van der Waals surface area contributed by atoms with Crippen LogP contribution in [0, 0.1) is 11.3 Å². The molecule has 0 aliphatic rings. The average Bonchev–Trinajstić information content (AvgIpc) is 2.74. The van der Waals surface area contributed by atoms with Gasteiger partial charge in [-0.15, -0.1) is 0 Å². The number of halogens is 1. The zero-order valence-electron chi connectivity index (χ0n) is 11.5. The molecule has 0 saturated carbocycles. The molecule has 2 rings (SSSR count). The summed E-state index contributed by atoms with van der Waals surface area (Å²) >= 11 is 3.55. The quantitative estimate of drug-likeness (QED) is 0.935. The Morgan fingerprint density at radius 1 is 1.40 bits per heavy atom. The van der Waals surface area contributed by atoms with Gasteiger partial charge in [-0.25, -0.2) is 0 Å². The third-order valence-electron chi connectivity index (χ3n) is 3.31. The molecule has 1 N–H and O–H groups in total. The van der Waals surface area contributed by atoms with Crippen LogP contribution >= 0.6 is 15.9 Å². The topological polar surface area (TPSA) is 61.8 Å². The summed E-state index contributed by atoms with van der Waals surface area (Å²) in [5, 5.41) is 23.5. The lowest BCUT2D eigenvalue weighted by molar-refractivity contribution is 0.175. The molecule has 0 fully saturated rings. The molecule has 1 unspecified atom stereocenters. The highest BCUT2D eigenvalue weighted by molar-refractivity contribution is 9.10. The van der Waals surface area contributed by atoms with Crippen molar-refractivity contribution < 1.29 is 5.11 Å². The third-order valence-corrected chi connectivity index (χ3v) is 4.23. The Kier molecular flexibility index (Phi) is 4.58. The zero-order valence-corrected chi connectivity index (χ0v) is 13.1. The lowest BCUT2D eigenvalue weighted by Crippen LogP contribution is -2.07. The van der Waals surface area contributed by atoms with Gasteiger partial charge in [0.2, 0.25) is 0 Å². The van der Waals surface area contributed by atoms with Crippen molar-refractivity contribution in [3.63, 3.8) is 0 Å². The van der Waals surface area contributed by atoms with Crippen LogP contribution in [0.3, 0.4) is 0 Å². The first-order chi connectivity index (χ1) is 9.56. The summed E-state index contributed by atoms with van der Waals surface area (Å²) in [4.78, 5) is 0. The lowest BCUT2D eigenvalue weighted by Gasteiger charge is -2.11. The van der Waals surface area contributed by atoms with Gasteiger partial charge in [-0.05, 0) is 40.0 Å². The van der Waals surface area contributed by atoms with E-state index in [1.165, 1.54) is 0 Å². The summed E-state index contributed by atoms with van der Waals surface area (Å²) in [6.07, 6.45) is 0.719. The molecule has 4 nitrogen and oxygen atoms in total. The van der Waals surface area contributed by atoms with Crippen LogP contribution in [-0.2, 0) is 19.9 Å². The Morgan fingerprint density at radius 3 is 2.55 bits per heavy atom. The summed E-state index contributed by atoms with van der Waals surface area (Å²) in [5.41, 5.74) is 3.36. The van der Waals surface area contributed by atoms with Gasteiger partial charge in [-0.1, -0.05) is 19.1 Å². The normalized spacial score (nSPS) is 12.2. The number of aromatic nitrogens is 2. The Labute approximate surface area is 126 Å². The third kappa shape index (κ3) is 2.92. The molecule has 0 aliphatic heterocycles. The molecule has 0 spiro atoms. The number of hydrogen-bond donors (Lipinski definition) is 1. The first kappa shape index (κ1) is 14.8. The lowest BCUT2D eigenvalue weighted by atomic mass is 10.0. The van der Waals surface area contributed by atoms with E-state index in [4.69, 9.17) is 5.26 Å². The number of nitrogens with zero attached hydrogens (tertiary/aromatic N) is 3. The summed E-state index contributed by atoms with van der Waals surface area (Å²) in [6.45, 7) is 2.05. The van der Waals surface area contributed by atoms with Crippen LogP contribution in [0.15, 0.2) is 28.7 Å². The van der Waals surface area contributed by atoms with E-state index in [0.717, 1.165) is 27.8 Å². The fraction of sp³-hybridized carbons (Fsp3) is 0.333. The van der Waals surface area contributed by atoms with Gasteiger partial charge in [0.05, 0.1) is 33.6 Å². The highest BCUT2D eigenvalue weighted by Crippen LogP contribution is 2.26. The van der Waals surface area contributed by atoms with Crippen molar-refractivity contribution in [1.29, 1.82) is 5.26 Å². The second-order valence-electron chi connectivity index (χ2n) is 4.64. The van der Waals surface area contributed by atoms with E-state index in [9.17, 15) is 5.11 Å². The number of nitriles is 1. The van der Waals surface area contributed by atoms with E-state index in [1.807, 2.05) is 14.0 Å². The van der Waals surface area contributed by atoms with Crippen molar-refractivity contribution in [1.82, 2.24) is 9.78 Å². The number of hydrogen-bond acceptors (Lipinski definition) is 3. The molecule has 20 heavy (non-hydrogen) atoms. The number of aliphatic hydroxyl groups is 1. The summed E-state index contributed by atoms with van der Waals surface area (Å²) in [6, 6.07) is 9.07. The average molecular weight is 334 g/mol. The van der Waals surface area contributed by atoms with E-state index in [1.54, 1.807) is 28.9 Å². The van der Waals surface area contributed by atoms with Gasteiger partial charge < -0.3 is 5.11 Å². The predicted molar refractivity (Wildman–Crippen MR) is 80.1 cm³/mol. The minimum absolute atomic E-state index is 0.482. The summed E-state index contributed by atoms with van der Waals surface area (Å²) < 4.78 is 2.77. The fourth-order valence-electron chi connectivity index (χ4n) is 2.12. The molecular formula is C15H16BrN3O. The van der Waals surface area contributed by atoms with Crippen molar-refractivity contribution in [2.24, 2.45) is 7.05 Å². The molecule has 1 heterocycles. The molecule has 104 valence electrons. The maximum absolute atomic E-state index is 10.3. The monoisotopic (exact) mass is 333 g/mol. The first-order valence-corrected chi connectivity index (χ1v) is 7.24. The van der Waals surface area contributed by atoms with Crippen LogP contribution in [-0.4, -0.2) is 14.9 Å². The zero-order chi connectivity index (χ0) is 14.7. The second-order valence-corrected chi connectivity index (χ2v) is 5.43. The molecule has 0 saturated heterocycles. The van der Waals surface area contributed by atoms with E-state index in [2.05, 4.69) is 27.1 Å². The van der Waals surface area contributed by atoms with Crippen LogP contribution in [0.5, 0.6) is 0 Å². The van der Waals surface area contributed by atoms with Crippen molar-refractivity contribution in [2.75, 3.05) is 0 Å². The van der Waals surface area contributed by atoms with E-state index >= 15 is 0 Å². The van der Waals surface area contributed by atoms with Crippen LogP contribution in [0.25, 0.3) is 0 Å². The van der Waals surface area contributed by atoms with Crippen molar-refractivity contribution in [2.45, 2.75) is 25.9 Å². The van der Waals surface area contributed by atoms with Crippen LogP contribution in [0.2, 0.25) is 0 Å². The van der Waals surface area contributed by atoms with Crippen molar-refractivity contribution in [3.05, 3.63) is 51.3 Å². The standard InChI is InChI=1S/C15H16BrN3O/c1-3-12-15(16)13(19(2)18-12)8-14(20)11-6-4-10(9-17)5-7-11/h4-7,14,20H,3,8H2,1-2H3. The van der Waals surface area contributed by atoms with Gasteiger partial charge >= 0.3 is 0 Å². The molecule has 0 amide bonds. The Hall–Kier alpha value is -1.64. The maximum Gasteiger partial charge on any atom is 0.0991 e. The van der Waals surface area contributed by atoms with Crippen LogP contribution in [0.4, 0.5) is 0 Å². The van der Waals surface area contributed by atoms with Crippen LogP contribution in [0.1, 0.15) is 35.5 Å². The van der Waals surface area contributed by atoms with Gasteiger partial charge in [-0.3, -0.25) is 4.68 Å². The smallest absolute Gasteiger partial charge is 0.0991 e. The fourth-order valence-corrected chi connectivity index (χ4v) is 2.90. The second kappa shape index (κ2) is 6.21. The highest BCUT2D eigenvalue weighted by atomic mass is 79.9. The van der Waals surface area contributed by atoms with Gasteiger partial charge in [0, 0.05) is 13.5 Å². The van der Waals surface area contributed by atoms with Crippen molar-refractivity contribution in [3.8, 4) is 6.07 Å². The predicted octanol–water partition coefficient (Wildman–Crippen LogP) is 2.89. The summed E-state index contributed by atoms with van der Waals surface area (Å²) in [5.74, 6) is 0. The van der Waals surface area contributed by atoms with E-state index in [0.29, 0.717) is 12.0 Å². The number of benzene rings is 1. The SMILES string of the molecule is CCc1nn(C)c(CC(O)c2ccc(C#N)cc2)c1Br. The van der Waals surface area contributed by atoms with Gasteiger partial charge in [0.25, 0.3) is 0 Å². The highest BCUT2D eigenvalue weighted by Gasteiger charge is 2.17. The van der Waals surface area contributed by atoms with Gasteiger partial charge in [0.1, 0.15) is 0 Å². The molecule has 1 atom stereocenters. The van der Waals surface area contributed by atoms with E-state index in [-0.39, 0.29) is 0 Å². The van der Waals surface area contributed by atoms with Gasteiger partial charge in [-0.2, -0.15) is 10.4 Å². The first-order valence-electron chi connectivity index (χ1n) is 6.45. The maximum atomic E-state index is 10.3. The molecule has 1 aromatic carbocycles. The minimum atomic E-state index is -0.612. The Morgan fingerprint density at radius 2 is 2.05 bits per heavy atom. The Balaban J connectivity index is 2.21. The number of rotatable bonds is 4. The number of aliphatic hydroxyl groups excluding tert-OH is 1. The molecular weight excluding hydrogens is 318 g/mol. The Bertz CT molecular complexity index is 640. The molecule has 0 bridgehead atoms. The minimum Gasteiger partial charge on any atom is -0.388 e. The molecule has 2 aromatic rings. The van der Waals surface area contributed by atoms with Gasteiger partial charge in [0.15, 0.2) is 0 Å². The van der Waals surface area contributed by atoms with Crippen molar-refractivity contribution >= 4 is 15.9 Å². The molecule has 0 radical (unpaired) electrons. The molecule has 0 aliphatic carbocycles. The van der Waals surface area contributed by atoms with E-state index < -0.39 is 6.10 Å². The summed E-state index contributed by atoms with van der Waals surface area (Å²) in [7, 11) is 1.88.